The van der Waals surface area contributed by atoms with Crippen LogP contribution in [0.15, 0.2) is 40.9 Å². The van der Waals surface area contributed by atoms with Crippen LogP contribution in [0.25, 0.3) is 11.1 Å². The van der Waals surface area contributed by atoms with Crippen LogP contribution in [0.1, 0.15) is 16.7 Å². The van der Waals surface area contributed by atoms with E-state index in [1.54, 1.807) is 0 Å². The molecule has 0 heterocycles. The number of benzene rings is 2. The molecule has 1 heteroatoms. The second-order valence-corrected chi connectivity index (χ2v) is 4.95. The molecule has 0 unspecified atom stereocenters. The maximum atomic E-state index is 3.59. The summed E-state index contributed by atoms with van der Waals surface area (Å²) in [4.78, 5) is 0. The Morgan fingerprint density at radius 1 is 1.00 bits per heavy atom. The summed E-state index contributed by atoms with van der Waals surface area (Å²) >= 11 is 3.59. The Kier molecular flexibility index (Phi) is 1.96. The summed E-state index contributed by atoms with van der Waals surface area (Å²) in [5.74, 6) is 0. The van der Waals surface area contributed by atoms with Crippen LogP contribution in [-0.4, -0.2) is 0 Å². The number of hydrogen-bond acceptors (Lipinski definition) is 0. The molecule has 0 spiro atoms. The van der Waals surface area contributed by atoms with Crippen molar-refractivity contribution < 1.29 is 0 Å². The van der Waals surface area contributed by atoms with Crippen molar-refractivity contribution in [2.75, 3.05) is 0 Å². The summed E-state index contributed by atoms with van der Waals surface area (Å²) in [5, 5.41) is 0. The number of rotatable bonds is 0. The molecule has 3 rings (SSSR count). The monoisotopic (exact) mass is 258 g/mol. The van der Waals surface area contributed by atoms with E-state index in [1.165, 1.54) is 32.3 Å². The fourth-order valence-corrected chi connectivity index (χ4v) is 2.65. The van der Waals surface area contributed by atoms with E-state index in [1.807, 2.05) is 0 Å². The molecule has 74 valence electrons. The van der Waals surface area contributed by atoms with Gasteiger partial charge in [0.15, 0.2) is 0 Å². The van der Waals surface area contributed by atoms with E-state index in [-0.39, 0.29) is 0 Å². The minimum absolute atomic E-state index is 1.07. The van der Waals surface area contributed by atoms with Crippen LogP contribution in [0.2, 0.25) is 0 Å². The molecule has 0 aliphatic heterocycles. The van der Waals surface area contributed by atoms with Gasteiger partial charge in [0.25, 0.3) is 0 Å². The van der Waals surface area contributed by atoms with Crippen molar-refractivity contribution >= 4 is 15.9 Å². The van der Waals surface area contributed by atoms with Crippen LogP contribution in [0.3, 0.4) is 0 Å². The number of hydrogen-bond donors (Lipinski definition) is 0. The standard InChI is InChI=1S/C14H11Br/c1-9-6-13-11(8-14(9)15)7-10-4-2-3-5-12(10)13/h2-6,8H,7H2,1H3. The van der Waals surface area contributed by atoms with Gasteiger partial charge in [-0.2, -0.15) is 0 Å². The molecule has 2 aromatic carbocycles. The highest BCUT2D eigenvalue weighted by Gasteiger charge is 2.18. The number of fused-ring (bicyclic) bond motifs is 3. The molecule has 0 radical (unpaired) electrons. The smallest absolute Gasteiger partial charge is 0.0207 e. The Morgan fingerprint density at radius 3 is 2.67 bits per heavy atom. The lowest BCUT2D eigenvalue weighted by Crippen LogP contribution is -1.83. The highest BCUT2D eigenvalue weighted by Crippen LogP contribution is 2.38. The van der Waals surface area contributed by atoms with Crippen molar-refractivity contribution in [3.8, 4) is 11.1 Å². The van der Waals surface area contributed by atoms with Gasteiger partial charge >= 0.3 is 0 Å². The predicted octanol–water partition coefficient (Wildman–Crippen LogP) is 4.33. The van der Waals surface area contributed by atoms with Gasteiger partial charge in [-0.3, -0.25) is 0 Å². The van der Waals surface area contributed by atoms with Gasteiger partial charge in [-0.05, 0) is 47.2 Å². The summed E-state index contributed by atoms with van der Waals surface area (Å²) in [5.41, 5.74) is 7.01. The molecule has 0 amide bonds. The zero-order valence-corrected chi connectivity index (χ0v) is 10.1. The average molecular weight is 259 g/mol. The molecule has 0 atom stereocenters. The maximum Gasteiger partial charge on any atom is 0.0207 e. The van der Waals surface area contributed by atoms with Gasteiger partial charge in [0.2, 0.25) is 0 Å². The molecule has 0 N–H and O–H groups in total. The van der Waals surface area contributed by atoms with Crippen molar-refractivity contribution in [2.24, 2.45) is 0 Å². The molecule has 0 nitrogen and oxygen atoms in total. The third-order valence-corrected chi connectivity index (χ3v) is 3.93. The third kappa shape index (κ3) is 1.34. The molecule has 1 aliphatic rings. The largest absolute Gasteiger partial charge is 0.0619 e. The highest BCUT2D eigenvalue weighted by molar-refractivity contribution is 9.10. The fraction of sp³-hybridized carbons (Fsp3) is 0.143. The van der Waals surface area contributed by atoms with E-state index >= 15 is 0 Å². The van der Waals surface area contributed by atoms with Gasteiger partial charge in [0, 0.05) is 4.47 Å². The Balaban J connectivity index is 2.29. The summed E-state index contributed by atoms with van der Waals surface area (Å²) in [6.07, 6.45) is 1.07. The quantitative estimate of drug-likeness (QED) is 0.563. The summed E-state index contributed by atoms with van der Waals surface area (Å²) in [6, 6.07) is 13.2. The van der Waals surface area contributed by atoms with E-state index in [0.29, 0.717) is 0 Å². The highest BCUT2D eigenvalue weighted by atomic mass is 79.9. The first-order valence-electron chi connectivity index (χ1n) is 5.13. The number of halogens is 1. The fourth-order valence-electron chi connectivity index (χ4n) is 2.26. The van der Waals surface area contributed by atoms with Crippen LogP contribution in [0.4, 0.5) is 0 Å². The third-order valence-electron chi connectivity index (χ3n) is 3.07. The van der Waals surface area contributed by atoms with E-state index in [4.69, 9.17) is 0 Å². The Labute approximate surface area is 98.1 Å². The molecule has 0 saturated heterocycles. The van der Waals surface area contributed by atoms with Gasteiger partial charge in [0.1, 0.15) is 0 Å². The minimum atomic E-state index is 1.07. The van der Waals surface area contributed by atoms with E-state index in [2.05, 4.69) is 59.3 Å². The second kappa shape index (κ2) is 3.21. The Bertz CT molecular complexity index is 541. The molecule has 0 bridgehead atoms. The van der Waals surface area contributed by atoms with Crippen LogP contribution in [0.5, 0.6) is 0 Å². The average Bonchev–Trinajstić information content (AvgIpc) is 2.57. The normalized spacial score (nSPS) is 12.4. The lowest BCUT2D eigenvalue weighted by Gasteiger charge is -2.04. The summed E-state index contributed by atoms with van der Waals surface area (Å²) < 4.78 is 1.22. The van der Waals surface area contributed by atoms with Crippen LogP contribution in [-0.2, 0) is 6.42 Å². The Hall–Kier alpha value is -1.08. The van der Waals surface area contributed by atoms with E-state index < -0.39 is 0 Å². The van der Waals surface area contributed by atoms with Crippen molar-refractivity contribution in [3.63, 3.8) is 0 Å². The van der Waals surface area contributed by atoms with Crippen LogP contribution in [0, 0.1) is 6.92 Å². The number of aryl methyl sites for hydroxylation is 1. The predicted molar refractivity (Wildman–Crippen MR) is 67.1 cm³/mol. The molecule has 1 aliphatic carbocycles. The Morgan fingerprint density at radius 2 is 1.80 bits per heavy atom. The van der Waals surface area contributed by atoms with Gasteiger partial charge < -0.3 is 0 Å². The molecule has 0 fully saturated rings. The molecule has 0 aromatic heterocycles. The maximum absolute atomic E-state index is 3.59. The van der Waals surface area contributed by atoms with Crippen LogP contribution < -0.4 is 0 Å². The second-order valence-electron chi connectivity index (χ2n) is 4.09. The van der Waals surface area contributed by atoms with Gasteiger partial charge in [-0.25, -0.2) is 0 Å². The lowest BCUT2D eigenvalue weighted by molar-refractivity contribution is 1.25. The van der Waals surface area contributed by atoms with Crippen molar-refractivity contribution in [1.82, 2.24) is 0 Å². The molecule has 0 saturated carbocycles. The summed E-state index contributed by atoms with van der Waals surface area (Å²) in [7, 11) is 0. The molecule has 2 aromatic rings. The first-order valence-corrected chi connectivity index (χ1v) is 5.92. The van der Waals surface area contributed by atoms with Gasteiger partial charge in [-0.1, -0.05) is 46.3 Å². The van der Waals surface area contributed by atoms with Gasteiger partial charge in [-0.15, -0.1) is 0 Å². The van der Waals surface area contributed by atoms with Crippen molar-refractivity contribution in [3.05, 3.63) is 57.6 Å². The molecular weight excluding hydrogens is 248 g/mol. The SMILES string of the molecule is Cc1cc2c(cc1Br)Cc1ccccc1-2. The molecular formula is C14H11Br. The first kappa shape index (κ1) is 9.17. The topological polar surface area (TPSA) is 0 Å². The minimum Gasteiger partial charge on any atom is -0.0619 e. The van der Waals surface area contributed by atoms with E-state index in [0.717, 1.165) is 6.42 Å². The van der Waals surface area contributed by atoms with Crippen molar-refractivity contribution in [2.45, 2.75) is 13.3 Å². The van der Waals surface area contributed by atoms with Crippen molar-refractivity contribution in [1.29, 1.82) is 0 Å². The van der Waals surface area contributed by atoms with Crippen LogP contribution >= 0.6 is 15.9 Å². The lowest BCUT2D eigenvalue weighted by atomic mass is 10.0. The van der Waals surface area contributed by atoms with E-state index in [9.17, 15) is 0 Å². The zero-order valence-electron chi connectivity index (χ0n) is 8.55. The zero-order chi connectivity index (χ0) is 10.4. The summed E-state index contributed by atoms with van der Waals surface area (Å²) in [6.45, 7) is 2.14. The molecule has 15 heavy (non-hydrogen) atoms. The van der Waals surface area contributed by atoms with Gasteiger partial charge in [0.05, 0.1) is 0 Å². The first-order chi connectivity index (χ1) is 7.25.